The normalized spacial score (nSPS) is 16.1. The van der Waals surface area contributed by atoms with E-state index in [0.29, 0.717) is 17.5 Å². The van der Waals surface area contributed by atoms with E-state index in [1.54, 1.807) is 4.57 Å². The third kappa shape index (κ3) is 3.86. The van der Waals surface area contributed by atoms with E-state index in [1.165, 1.54) is 11.8 Å². The van der Waals surface area contributed by atoms with E-state index in [1.807, 2.05) is 11.8 Å². The van der Waals surface area contributed by atoms with Crippen molar-refractivity contribution in [1.82, 2.24) is 25.0 Å². The number of nitrogens with zero attached hydrogens (tertiary/aromatic N) is 3. The van der Waals surface area contributed by atoms with Gasteiger partial charge in [-0.15, -0.1) is 5.10 Å². The molecule has 1 amide bonds. The highest BCUT2D eigenvalue weighted by molar-refractivity contribution is 7.99. The molecule has 2 rings (SSSR count). The fraction of sp³-hybridized carbons (Fsp3) is 0.750. The van der Waals surface area contributed by atoms with Gasteiger partial charge in [-0.1, -0.05) is 18.7 Å². The summed E-state index contributed by atoms with van der Waals surface area (Å²) in [5.74, 6) is 0.436. The minimum Gasteiger partial charge on any atom is -0.341 e. The molecule has 20 heavy (non-hydrogen) atoms. The van der Waals surface area contributed by atoms with E-state index in [9.17, 15) is 9.59 Å². The molecule has 2 heterocycles. The van der Waals surface area contributed by atoms with Crippen molar-refractivity contribution >= 4 is 17.7 Å². The second kappa shape index (κ2) is 7.49. The maximum atomic E-state index is 12.2. The van der Waals surface area contributed by atoms with Crippen molar-refractivity contribution in [2.24, 2.45) is 0 Å². The van der Waals surface area contributed by atoms with Crippen LogP contribution in [-0.2, 0) is 11.3 Å². The number of aromatic nitrogens is 3. The molecule has 0 aromatic carbocycles. The van der Waals surface area contributed by atoms with Gasteiger partial charge in [0.2, 0.25) is 5.91 Å². The third-order valence-electron chi connectivity index (χ3n) is 3.19. The standard InChI is InChI=1S/C12H21N5O2S/c1-2-6-17-11(19)14-15-12(17)20-9-10(18)16-7-3-4-13-5-8-16/h13H,2-9H2,1H3,(H,14,19). The molecule has 1 aliphatic heterocycles. The lowest BCUT2D eigenvalue weighted by Crippen LogP contribution is -2.35. The van der Waals surface area contributed by atoms with E-state index >= 15 is 0 Å². The maximum Gasteiger partial charge on any atom is 0.343 e. The van der Waals surface area contributed by atoms with Gasteiger partial charge in [0.25, 0.3) is 0 Å². The molecule has 1 aromatic rings. The van der Waals surface area contributed by atoms with Gasteiger partial charge < -0.3 is 10.2 Å². The molecule has 1 fully saturated rings. The topological polar surface area (TPSA) is 83.0 Å². The summed E-state index contributed by atoms with van der Waals surface area (Å²) >= 11 is 1.33. The summed E-state index contributed by atoms with van der Waals surface area (Å²) in [5, 5.41) is 10.3. The lowest BCUT2D eigenvalue weighted by Gasteiger charge is -2.19. The van der Waals surface area contributed by atoms with Gasteiger partial charge in [0.05, 0.1) is 5.75 Å². The van der Waals surface area contributed by atoms with E-state index in [-0.39, 0.29) is 11.6 Å². The number of thioether (sulfide) groups is 1. The van der Waals surface area contributed by atoms with Crippen molar-refractivity contribution in [3.63, 3.8) is 0 Å². The summed E-state index contributed by atoms with van der Waals surface area (Å²) in [4.78, 5) is 25.6. The van der Waals surface area contributed by atoms with E-state index in [0.717, 1.165) is 39.0 Å². The van der Waals surface area contributed by atoms with Crippen LogP contribution in [0.2, 0.25) is 0 Å². The van der Waals surface area contributed by atoms with Gasteiger partial charge in [0.15, 0.2) is 5.16 Å². The fourth-order valence-electron chi connectivity index (χ4n) is 2.15. The Labute approximate surface area is 122 Å². The van der Waals surface area contributed by atoms with Crippen LogP contribution in [-0.4, -0.2) is 57.5 Å². The number of hydrogen-bond acceptors (Lipinski definition) is 5. The van der Waals surface area contributed by atoms with Crippen molar-refractivity contribution in [2.75, 3.05) is 31.9 Å². The minimum atomic E-state index is -0.208. The molecule has 2 N–H and O–H groups in total. The number of carbonyl (C=O) groups excluding carboxylic acids is 1. The number of carbonyl (C=O) groups is 1. The Morgan fingerprint density at radius 1 is 1.40 bits per heavy atom. The zero-order valence-electron chi connectivity index (χ0n) is 11.7. The van der Waals surface area contributed by atoms with E-state index in [4.69, 9.17) is 0 Å². The largest absolute Gasteiger partial charge is 0.343 e. The molecule has 1 aromatic heterocycles. The van der Waals surface area contributed by atoms with Crippen LogP contribution in [0.15, 0.2) is 9.95 Å². The number of H-pyrrole nitrogens is 1. The lowest BCUT2D eigenvalue weighted by atomic mass is 10.4. The number of nitrogens with one attached hydrogen (secondary N) is 2. The number of rotatable bonds is 5. The summed E-state index contributed by atoms with van der Waals surface area (Å²) in [6, 6.07) is 0. The van der Waals surface area contributed by atoms with Crippen molar-refractivity contribution in [3.8, 4) is 0 Å². The van der Waals surface area contributed by atoms with Crippen molar-refractivity contribution < 1.29 is 4.79 Å². The number of hydrogen-bond donors (Lipinski definition) is 2. The van der Waals surface area contributed by atoms with Crippen LogP contribution in [0.3, 0.4) is 0 Å². The van der Waals surface area contributed by atoms with Crippen LogP contribution in [0.5, 0.6) is 0 Å². The molecule has 0 saturated carbocycles. The second-order valence-electron chi connectivity index (χ2n) is 4.74. The smallest absolute Gasteiger partial charge is 0.341 e. The molecular formula is C12H21N5O2S. The van der Waals surface area contributed by atoms with Crippen LogP contribution in [0.4, 0.5) is 0 Å². The lowest BCUT2D eigenvalue weighted by molar-refractivity contribution is -0.128. The van der Waals surface area contributed by atoms with Gasteiger partial charge in [0, 0.05) is 26.2 Å². The third-order valence-corrected chi connectivity index (χ3v) is 4.15. The first kappa shape index (κ1) is 15.1. The Hall–Kier alpha value is -1.28. The van der Waals surface area contributed by atoms with Crippen LogP contribution < -0.4 is 11.0 Å². The van der Waals surface area contributed by atoms with Crippen molar-refractivity contribution in [3.05, 3.63) is 10.5 Å². The average molecular weight is 299 g/mol. The first-order valence-corrected chi connectivity index (χ1v) is 7.97. The molecule has 1 aliphatic rings. The van der Waals surface area contributed by atoms with Gasteiger partial charge in [-0.2, -0.15) is 0 Å². The highest BCUT2D eigenvalue weighted by Gasteiger charge is 2.17. The molecule has 0 radical (unpaired) electrons. The first-order valence-electron chi connectivity index (χ1n) is 6.99. The molecule has 7 nitrogen and oxygen atoms in total. The number of amides is 1. The summed E-state index contributed by atoms with van der Waals surface area (Å²) in [7, 11) is 0. The SMILES string of the molecule is CCCn1c(SCC(=O)N2CCCNCC2)n[nH]c1=O. The monoisotopic (exact) mass is 299 g/mol. The number of aromatic amines is 1. The Balaban J connectivity index is 1.91. The van der Waals surface area contributed by atoms with Crippen molar-refractivity contribution in [2.45, 2.75) is 31.5 Å². The van der Waals surface area contributed by atoms with Gasteiger partial charge in [0.1, 0.15) is 0 Å². The molecule has 8 heteroatoms. The Morgan fingerprint density at radius 2 is 2.25 bits per heavy atom. The van der Waals surface area contributed by atoms with Crippen LogP contribution in [0, 0.1) is 0 Å². The Kier molecular flexibility index (Phi) is 5.66. The summed E-state index contributed by atoms with van der Waals surface area (Å²) < 4.78 is 1.59. The van der Waals surface area contributed by atoms with Gasteiger partial charge in [-0.3, -0.25) is 9.36 Å². The molecule has 0 atom stereocenters. The zero-order valence-corrected chi connectivity index (χ0v) is 12.5. The zero-order chi connectivity index (χ0) is 14.4. The second-order valence-corrected chi connectivity index (χ2v) is 5.68. The molecule has 0 aliphatic carbocycles. The van der Waals surface area contributed by atoms with Gasteiger partial charge in [-0.25, -0.2) is 9.89 Å². The average Bonchev–Trinajstić information content (AvgIpc) is 2.68. The molecule has 0 bridgehead atoms. The molecule has 1 saturated heterocycles. The molecule has 0 unspecified atom stereocenters. The van der Waals surface area contributed by atoms with E-state index in [2.05, 4.69) is 15.5 Å². The highest BCUT2D eigenvalue weighted by Crippen LogP contribution is 2.14. The fourth-order valence-corrected chi connectivity index (χ4v) is 3.02. The molecule has 0 spiro atoms. The summed E-state index contributed by atoms with van der Waals surface area (Å²) in [5.41, 5.74) is -0.208. The van der Waals surface area contributed by atoms with Crippen molar-refractivity contribution in [1.29, 1.82) is 0 Å². The van der Waals surface area contributed by atoms with Crippen LogP contribution in [0.1, 0.15) is 19.8 Å². The first-order chi connectivity index (χ1) is 9.72. The Bertz CT molecular complexity index is 490. The van der Waals surface area contributed by atoms with E-state index < -0.39 is 0 Å². The predicted molar refractivity (Wildman–Crippen MR) is 77.9 cm³/mol. The predicted octanol–water partition coefficient (Wildman–Crippen LogP) is -0.105. The molecule has 112 valence electrons. The minimum absolute atomic E-state index is 0.109. The van der Waals surface area contributed by atoms with Crippen LogP contribution in [0.25, 0.3) is 0 Å². The molecular weight excluding hydrogens is 278 g/mol. The van der Waals surface area contributed by atoms with Gasteiger partial charge in [-0.05, 0) is 19.4 Å². The van der Waals surface area contributed by atoms with Crippen LogP contribution >= 0.6 is 11.8 Å². The summed E-state index contributed by atoms with van der Waals surface area (Å²) in [6.45, 7) is 5.99. The quantitative estimate of drug-likeness (QED) is 0.742. The maximum absolute atomic E-state index is 12.2. The highest BCUT2D eigenvalue weighted by atomic mass is 32.2. The summed E-state index contributed by atoms with van der Waals surface area (Å²) in [6.07, 6.45) is 1.85. The Morgan fingerprint density at radius 3 is 3.05 bits per heavy atom. The van der Waals surface area contributed by atoms with Gasteiger partial charge >= 0.3 is 5.69 Å².